The van der Waals surface area contributed by atoms with Crippen molar-refractivity contribution in [3.8, 4) is 11.5 Å². The number of fused-ring (bicyclic) bond motifs is 1. The summed E-state index contributed by atoms with van der Waals surface area (Å²) >= 11 is 0. The first kappa shape index (κ1) is 19.8. The van der Waals surface area contributed by atoms with E-state index in [1.807, 2.05) is 0 Å². The van der Waals surface area contributed by atoms with Crippen molar-refractivity contribution >= 4 is 16.7 Å². The van der Waals surface area contributed by atoms with Crippen LogP contribution in [0.3, 0.4) is 0 Å². The second-order valence-corrected chi connectivity index (χ2v) is 6.06. The number of halogens is 3. The van der Waals surface area contributed by atoms with Crippen LogP contribution in [0.2, 0.25) is 0 Å². The first-order valence-corrected chi connectivity index (χ1v) is 8.43. The molecule has 3 aromatic rings. The average Bonchev–Trinajstić information content (AvgIpc) is 2.70. The number of hydrogen-bond acceptors (Lipinski definition) is 5. The van der Waals surface area contributed by atoms with E-state index in [0.717, 1.165) is 11.6 Å². The molecule has 8 heteroatoms. The lowest BCUT2D eigenvalue weighted by atomic mass is 10.0. The molecule has 0 atom stereocenters. The van der Waals surface area contributed by atoms with Gasteiger partial charge in [-0.05, 0) is 29.8 Å². The number of alkyl halides is 3. The van der Waals surface area contributed by atoms with E-state index in [0.29, 0.717) is 17.1 Å². The van der Waals surface area contributed by atoms with Crippen LogP contribution in [-0.2, 0) is 19.3 Å². The second-order valence-electron chi connectivity index (χ2n) is 6.06. The van der Waals surface area contributed by atoms with Gasteiger partial charge >= 0.3 is 6.18 Å². The van der Waals surface area contributed by atoms with Crippen molar-refractivity contribution in [1.29, 1.82) is 0 Å². The van der Waals surface area contributed by atoms with Crippen molar-refractivity contribution in [2.45, 2.75) is 19.3 Å². The molecule has 2 aromatic carbocycles. The first-order chi connectivity index (χ1) is 13.4. The number of rotatable bonds is 6. The molecule has 1 heterocycles. The number of para-hydroxylation sites is 1. The quantitative estimate of drug-likeness (QED) is 0.652. The minimum Gasteiger partial charge on any atom is -0.497 e. The summed E-state index contributed by atoms with van der Waals surface area (Å²) in [6.45, 7) is -0.133. The van der Waals surface area contributed by atoms with Crippen LogP contribution in [0.1, 0.15) is 16.7 Å². The molecule has 0 amide bonds. The minimum atomic E-state index is -4.54. The number of pyridine rings is 1. The third-order valence-electron chi connectivity index (χ3n) is 4.36. The lowest BCUT2D eigenvalue weighted by Crippen LogP contribution is -2.09. The van der Waals surface area contributed by atoms with Gasteiger partial charge in [0, 0.05) is 23.6 Å². The van der Waals surface area contributed by atoms with Gasteiger partial charge in [-0.2, -0.15) is 13.2 Å². The normalized spacial score (nSPS) is 11.5. The Labute approximate surface area is 159 Å². The highest BCUT2D eigenvalue weighted by atomic mass is 19.4. The Morgan fingerprint density at radius 3 is 2.46 bits per heavy atom. The number of aromatic nitrogens is 1. The second kappa shape index (κ2) is 7.93. The standard InChI is InChI=1S/C20H19F3N2O3/c1-27-14-7-6-12(17(9-14)28-2)10-24-18-8-13(11-26)15-4-3-5-16(19(15)25-18)20(21,22)23/h3-9,26H,10-11H2,1-2H3,(H,24,25). The predicted molar refractivity (Wildman–Crippen MR) is 99.5 cm³/mol. The van der Waals surface area contributed by atoms with E-state index in [9.17, 15) is 18.3 Å². The topological polar surface area (TPSA) is 63.6 Å². The monoisotopic (exact) mass is 392 g/mol. The summed E-state index contributed by atoms with van der Waals surface area (Å²) in [5.41, 5.74) is 0.0938. The van der Waals surface area contributed by atoms with Gasteiger partial charge in [0.2, 0.25) is 0 Å². The lowest BCUT2D eigenvalue weighted by molar-refractivity contribution is -0.136. The summed E-state index contributed by atoms with van der Waals surface area (Å²) in [5, 5.41) is 12.9. The fourth-order valence-corrected chi connectivity index (χ4v) is 2.95. The number of methoxy groups -OCH3 is 2. The summed E-state index contributed by atoms with van der Waals surface area (Å²) in [6.07, 6.45) is -4.54. The van der Waals surface area contributed by atoms with Crippen LogP contribution in [0, 0.1) is 0 Å². The molecule has 3 rings (SSSR count). The first-order valence-electron chi connectivity index (χ1n) is 8.43. The molecule has 148 valence electrons. The predicted octanol–water partition coefficient (Wildman–Crippen LogP) is 4.38. The number of hydrogen-bond donors (Lipinski definition) is 2. The van der Waals surface area contributed by atoms with Gasteiger partial charge < -0.3 is 19.9 Å². The Bertz CT molecular complexity index is 990. The Hall–Kier alpha value is -3.00. The van der Waals surface area contributed by atoms with Gasteiger partial charge in [-0.25, -0.2) is 4.98 Å². The summed E-state index contributed by atoms with van der Waals surface area (Å²) in [6, 6.07) is 10.6. The van der Waals surface area contributed by atoms with Crippen molar-refractivity contribution < 1.29 is 27.8 Å². The van der Waals surface area contributed by atoms with Crippen LogP contribution in [0.5, 0.6) is 11.5 Å². The van der Waals surface area contributed by atoms with Gasteiger partial charge in [0.1, 0.15) is 17.3 Å². The van der Waals surface area contributed by atoms with Crippen molar-refractivity contribution in [3.05, 3.63) is 59.2 Å². The molecule has 2 N–H and O–H groups in total. The number of nitrogens with zero attached hydrogens (tertiary/aromatic N) is 1. The third kappa shape index (κ3) is 3.96. The molecule has 0 bridgehead atoms. The van der Waals surface area contributed by atoms with Crippen LogP contribution in [0.4, 0.5) is 19.0 Å². The number of aliphatic hydroxyl groups excluding tert-OH is 1. The van der Waals surface area contributed by atoms with Crippen LogP contribution in [0.15, 0.2) is 42.5 Å². The highest BCUT2D eigenvalue weighted by molar-refractivity contribution is 5.87. The van der Waals surface area contributed by atoms with Crippen molar-refractivity contribution in [2.24, 2.45) is 0 Å². The number of nitrogens with one attached hydrogen (secondary N) is 1. The molecule has 0 fully saturated rings. The van der Waals surface area contributed by atoms with Crippen LogP contribution < -0.4 is 14.8 Å². The highest BCUT2D eigenvalue weighted by Crippen LogP contribution is 2.35. The van der Waals surface area contributed by atoms with Crippen LogP contribution >= 0.6 is 0 Å². The van der Waals surface area contributed by atoms with E-state index in [-0.39, 0.29) is 23.3 Å². The summed E-state index contributed by atoms with van der Waals surface area (Å²) in [5.74, 6) is 1.43. The zero-order chi connectivity index (χ0) is 20.3. The molecule has 0 radical (unpaired) electrons. The molecule has 0 aliphatic heterocycles. The fourth-order valence-electron chi connectivity index (χ4n) is 2.95. The molecule has 5 nitrogen and oxygen atoms in total. The van der Waals surface area contributed by atoms with E-state index in [1.54, 1.807) is 31.4 Å². The largest absolute Gasteiger partial charge is 0.497 e. The molecule has 0 aliphatic rings. The molecular formula is C20H19F3N2O3. The Balaban J connectivity index is 1.98. The zero-order valence-electron chi connectivity index (χ0n) is 15.3. The van der Waals surface area contributed by atoms with Gasteiger partial charge in [0.05, 0.1) is 31.9 Å². The minimum absolute atomic E-state index is 0.203. The van der Waals surface area contributed by atoms with Gasteiger partial charge in [-0.1, -0.05) is 12.1 Å². The van der Waals surface area contributed by atoms with Gasteiger partial charge in [-0.15, -0.1) is 0 Å². The van der Waals surface area contributed by atoms with E-state index >= 15 is 0 Å². The summed E-state index contributed by atoms with van der Waals surface area (Å²) < 4.78 is 50.5. The van der Waals surface area contributed by atoms with Crippen molar-refractivity contribution in [2.75, 3.05) is 19.5 Å². The van der Waals surface area contributed by atoms with Crippen LogP contribution in [-0.4, -0.2) is 24.3 Å². The summed E-state index contributed by atoms with van der Waals surface area (Å²) in [7, 11) is 3.06. The zero-order valence-corrected chi connectivity index (χ0v) is 15.3. The number of ether oxygens (including phenoxy) is 2. The summed E-state index contributed by atoms with van der Waals surface area (Å²) in [4.78, 5) is 4.15. The molecule has 0 unspecified atom stereocenters. The maximum Gasteiger partial charge on any atom is 0.418 e. The number of aliphatic hydroxyl groups is 1. The molecule has 0 spiro atoms. The third-order valence-corrected chi connectivity index (χ3v) is 4.36. The van der Waals surface area contributed by atoms with Gasteiger partial charge in [0.25, 0.3) is 0 Å². The van der Waals surface area contributed by atoms with Gasteiger partial charge in [-0.3, -0.25) is 0 Å². The Kier molecular flexibility index (Phi) is 5.60. The molecule has 0 saturated heterocycles. The maximum absolute atomic E-state index is 13.4. The number of anilines is 1. The van der Waals surface area contributed by atoms with Crippen molar-refractivity contribution in [3.63, 3.8) is 0 Å². The highest BCUT2D eigenvalue weighted by Gasteiger charge is 2.33. The Morgan fingerprint density at radius 1 is 1.04 bits per heavy atom. The lowest BCUT2D eigenvalue weighted by Gasteiger charge is -2.15. The van der Waals surface area contributed by atoms with E-state index < -0.39 is 18.3 Å². The van der Waals surface area contributed by atoms with Crippen molar-refractivity contribution in [1.82, 2.24) is 4.98 Å². The SMILES string of the molecule is COc1ccc(CNc2cc(CO)c3cccc(C(F)(F)F)c3n2)c(OC)c1. The smallest absolute Gasteiger partial charge is 0.418 e. The molecule has 0 aliphatic carbocycles. The number of benzene rings is 2. The van der Waals surface area contributed by atoms with E-state index in [2.05, 4.69) is 10.3 Å². The molecular weight excluding hydrogens is 373 g/mol. The fraction of sp³-hybridized carbons (Fsp3) is 0.250. The maximum atomic E-state index is 13.4. The van der Waals surface area contributed by atoms with Gasteiger partial charge in [0.15, 0.2) is 0 Å². The van der Waals surface area contributed by atoms with E-state index in [1.165, 1.54) is 19.2 Å². The molecule has 0 saturated carbocycles. The molecule has 1 aromatic heterocycles. The van der Waals surface area contributed by atoms with E-state index in [4.69, 9.17) is 9.47 Å². The van der Waals surface area contributed by atoms with Crippen LogP contribution in [0.25, 0.3) is 10.9 Å². The Morgan fingerprint density at radius 2 is 1.82 bits per heavy atom. The average molecular weight is 392 g/mol. The molecule has 28 heavy (non-hydrogen) atoms.